The number of nitrogens with two attached hydrogens (primary N) is 1. The predicted molar refractivity (Wildman–Crippen MR) is 73.7 cm³/mol. The van der Waals surface area contributed by atoms with Crippen LogP contribution in [0, 0.1) is 0 Å². The van der Waals surface area contributed by atoms with Crippen LogP contribution in [-0.2, 0) is 0 Å². The molecule has 0 saturated carbocycles. The first-order valence-corrected chi connectivity index (χ1v) is 6.03. The lowest BCUT2D eigenvalue weighted by Crippen LogP contribution is -2.08. The molecule has 0 atom stereocenters. The van der Waals surface area contributed by atoms with E-state index in [9.17, 15) is 0 Å². The standard InChI is InChI=1S/C13H17N5O/c1-4-7-19-13-10(8-16-18(13)9(2)3)12-15-6-5-11(14)17-12/h4-6,8-9H,1,7H2,2-3H3,(H2,14,15,17). The molecule has 0 aliphatic heterocycles. The summed E-state index contributed by atoms with van der Waals surface area (Å²) in [6.07, 6.45) is 4.98. The number of ether oxygens (including phenoxy) is 1. The normalized spacial score (nSPS) is 10.7. The molecule has 100 valence electrons. The van der Waals surface area contributed by atoms with Crippen LogP contribution in [0.3, 0.4) is 0 Å². The molecule has 0 amide bonds. The molecular weight excluding hydrogens is 242 g/mol. The lowest BCUT2D eigenvalue weighted by atomic mass is 10.3. The fraction of sp³-hybridized carbons (Fsp3) is 0.308. The van der Waals surface area contributed by atoms with E-state index in [-0.39, 0.29) is 6.04 Å². The van der Waals surface area contributed by atoms with Crippen LogP contribution in [-0.4, -0.2) is 26.4 Å². The van der Waals surface area contributed by atoms with Crippen molar-refractivity contribution in [1.82, 2.24) is 19.7 Å². The smallest absolute Gasteiger partial charge is 0.223 e. The monoisotopic (exact) mass is 259 g/mol. The maximum atomic E-state index is 5.68. The third-order valence-corrected chi connectivity index (χ3v) is 2.49. The highest BCUT2D eigenvalue weighted by molar-refractivity contribution is 5.62. The second-order valence-electron chi connectivity index (χ2n) is 4.31. The summed E-state index contributed by atoms with van der Waals surface area (Å²) in [7, 11) is 0. The summed E-state index contributed by atoms with van der Waals surface area (Å²) in [5.74, 6) is 1.54. The largest absolute Gasteiger partial charge is 0.473 e. The lowest BCUT2D eigenvalue weighted by Gasteiger charge is -2.12. The van der Waals surface area contributed by atoms with Gasteiger partial charge in [0.25, 0.3) is 0 Å². The van der Waals surface area contributed by atoms with Crippen LogP contribution >= 0.6 is 0 Å². The fourth-order valence-corrected chi connectivity index (χ4v) is 1.66. The van der Waals surface area contributed by atoms with E-state index in [1.807, 2.05) is 13.8 Å². The number of nitrogen functional groups attached to an aromatic ring is 1. The lowest BCUT2D eigenvalue weighted by molar-refractivity contribution is 0.310. The van der Waals surface area contributed by atoms with E-state index >= 15 is 0 Å². The molecule has 0 bridgehead atoms. The van der Waals surface area contributed by atoms with Crippen molar-refractivity contribution >= 4 is 5.82 Å². The minimum absolute atomic E-state index is 0.176. The molecule has 0 aliphatic rings. The second-order valence-corrected chi connectivity index (χ2v) is 4.31. The zero-order valence-corrected chi connectivity index (χ0v) is 11.1. The van der Waals surface area contributed by atoms with E-state index in [1.54, 1.807) is 29.2 Å². The van der Waals surface area contributed by atoms with Gasteiger partial charge in [0.05, 0.1) is 12.2 Å². The highest BCUT2D eigenvalue weighted by Gasteiger charge is 2.17. The Labute approximate surface area is 111 Å². The van der Waals surface area contributed by atoms with Crippen molar-refractivity contribution in [3.8, 4) is 17.3 Å². The van der Waals surface area contributed by atoms with Crippen LogP contribution < -0.4 is 10.5 Å². The number of hydrogen-bond donors (Lipinski definition) is 1. The predicted octanol–water partition coefficient (Wildman–Crippen LogP) is 2.07. The first-order valence-electron chi connectivity index (χ1n) is 6.03. The quantitative estimate of drug-likeness (QED) is 0.831. The van der Waals surface area contributed by atoms with Crippen molar-refractivity contribution in [1.29, 1.82) is 0 Å². The van der Waals surface area contributed by atoms with Gasteiger partial charge >= 0.3 is 0 Å². The van der Waals surface area contributed by atoms with E-state index in [4.69, 9.17) is 10.5 Å². The van der Waals surface area contributed by atoms with Gasteiger partial charge in [0.15, 0.2) is 5.82 Å². The first-order chi connectivity index (χ1) is 9.13. The average molecular weight is 259 g/mol. The third kappa shape index (κ3) is 2.73. The van der Waals surface area contributed by atoms with E-state index in [2.05, 4.69) is 21.6 Å². The summed E-state index contributed by atoms with van der Waals surface area (Å²) in [4.78, 5) is 8.39. The van der Waals surface area contributed by atoms with Crippen molar-refractivity contribution in [3.05, 3.63) is 31.1 Å². The van der Waals surface area contributed by atoms with Gasteiger partial charge in [-0.15, -0.1) is 0 Å². The van der Waals surface area contributed by atoms with Crippen molar-refractivity contribution in [3.63, 3.8) is 0 Å². The molecule has 0 aromatic carbocycles. The molecule has 0 fully saturated rings. The molecule has 0 radical (unpaired) electrons. The zero-order valence-electron chi connectivity index (χ0n) is 11.1. The molecule has 2 N–H and O–H groups in total. The van der Waals surface area contributed by atoms with Gasteiger partial charge in [-0.25, -0.2) is 14.6 Å². The molecule has 0 spiro atoms. The summed E-state index contributed by atoms with van der Waals surface area (Å²) in [5.41, 5.74) is 6.40. The highest BCUT2D eigenvalue weighted by atomic mass is 16.5. The summed E-state index contributed by atoms with van der Waals surface area (Å²) in [6.45, 7) is 8.09. The molecule has 2 rings (SSSR count). The Hall–Kier alpha value is -2.37. The Bertz CT molecular complexity index is 576. The molecule has 6 heteroatoms. The van der Waals surface area contributed by atoms with Crippen molar-refractivity contribution in [2.75, 3.05) is 12.3 Å². The minimum atomic E-state index is 0.176. The average Bonchev–Trinajstić information content (AvgIpc) is 2.80. The summed E-state index contributed by atoms with van der Waals surface area (Å²) >= 11 is 0. The highest BCUT2D eigenvalue weighted by Crippen LogP contribution is 2.29. The third-order valence-electron chi connectivity index (χ3n) is 2.49. The van der Waals surface area contributed by atoms with Gasteiger partial charge in [0.2, 0.25) is 5.88 Å². The Balaban J connectivity index is 2.47. The molecule has 19 heavy (non-hydrogen) atoms. The first kappa shape index (κ1) is 13.1. The van der Waals surface area contributed by atoms with E-state index in [0.717, 1.165) is 5.56 Å². The summed E-state index contributed by atoms with van der Waals surface area (Å²) in [5, 5.41) is 4.31. The Morgan fingerprint density at radius 1 is 1.53 bits per heavy atom. The molecule has 0 saturated heterocycles. The number of aromatic nitrogens is 4. The molecule has 2 aromatic rings. The van der Waals surface area contributed by atoms with Crippen LogP contribution in [0.25, 0.3) is 11.4 Å². The van der Waals surface area contributed by atoms with Gasteiger partial charge in [-0.3, -0.25) is 0 Å². The van der Waals surface area contributed by atoms with Crippen LogP contribution in [0.15, 0.2) is 31.1 Å². The number of anilines is 1. The van der Waals surface area contributed by atoms with Crippen LogP contribution in [0.4, 0.5) is 5.82 Å². The van der Waals surface area contributed by atoms with Crippen LogP contribution in [0.5, 0.6) is 5.88 Å². The topological polar surface area (TPSA) is 78.8 Å². The molecule has 0 aliphatic carbocycles. The van der Waals surface area contributed by atoms with Gasteiger partial charge < -0.3 is 10.5 Å². The molecular formula is C13H17N5O. The van der Waals surface area contributed by atoms with E-state index in [0.29, 0.717) is 24.1 Å². The zero-order chi connectivity index (χ0) is 13.8. The minimum Gasteiger partial charge on any atom is -0.473 e. The SMILES string of the molecule is C=CCOc1c(-c2nccc(N)n2)cnn1C(C)C. The summed E-state index contributed by atoms with van der Waals surface area (Å²) < 4.78 is 7.46. The van der Waals surface area contributed by atoms with E-state index in [1.165, 1.54) is 0 Å². The van der Waals surface area contributed by atoms with Gasteiger partial charge in [0, 0.05) is 6.20 Å². The maximum Gasteiger partial charge on any atom is 0.223 e. The number of nitrogens with zero attached hydrogens (tertiary/aromatic N) is 4. The van der Waals surface area contributed by atoms with Gasteiger partial charge in [0.1, 0.15) is 18.0 Å². The maximum absolute atomic E-state index is 5.68. The second kappa shape index (κ2) is 5.51. The van der Waals surface area contributed by atoms with Crippen molar-refractivity contribution in [2.24, 2.45) is 0 Å². The summed E-state index contributed by atoms with van der Waals surface area (Å²) in [6, 6.07) is 1.82. The van der Waals surface area contributed by atoms with Gasteiger partial charge in [-0.1, -0.05) is 12.7 Å². The van der Waals surface area contributed by atoms with Gasteiger partial charge in [-0.05, 0) is 19.9 Å². The fourth-order valence-electron chi connectivity index (χ4n) is 1.66. The molecule has 2 heterocycles. The van der Waals surface area contributed by atoms with E-state index < -0.39 is 0 Å². The number of rotatable bonds is 5. The van der Waals surface area contributed by atoms with Crippen molar-refractivity contribution in [2.45, 2.75) is 19.9 Å². The van der Waals surface area contributed by atoms with Gasteiger partial charge in [-0.2, -0.15) is 5.10 Å². The Kier molecular flexibility index (Phi) is 3.79. The van der Waals surface area contributed by atoms with Crippen molar-refractivity contribution < 1.29 is 4.74 Å². The van der Waals surface area contributed by atoms with Crippen LogP contribution in [0.2, 0.25) is 0 Å². The molecule has 6 nitrogen and oxygen atoms in total. The molecule has 0 unspecified atom stereocenters. The van der Waals surface area contributed by atoms with Crippen LogP contribution in [0.1, 0.15) is 19.9 Å². The Morgan fingerprint density at radius 3 is 2.95 bits per heavy atom. The Morgan fingerprint density at radius 2 is 2.32 bits per heavy atom. The number of hydrogen-bond acceptors (Lipinski definition) is 5. The molecule has 2 aromatic heterocycles.